The topological polar surface area (TPSA) is 30.7 Å². The highest BCUT2D eigenvalue weighted by Gasteiger charge is 2.20. The molecule has 0 amide bonds. The summed E-state index contributed by atoms with van der Waals surface area (Å²) in [6.45, 7) is 0. The second kappa shape index (κ2) is 9.57. The van der Waals surface area contributed by atoms with Gasteiger partial charge < -0.3 is 4.57 Å². The number of hydrogen-bond acceptors (Lipinski definition) is 4. The van der Waals surface area contributed by atoms with Crippen molar-refractivity contribution in [1.82, 2.24) is 14.5 Å². The molecule has 4 heterocycles. The number of fused-ring (bicyclic) bond motifs is 10. The molecule has 6 aromatic carbocycles. The first-order valence-corrected chi connectivity index (χ1v) is 16.6. The first kappa shape index (κ1) is 25.0. The molecule has 0 radical (unpaired) electrons. The zero-order chi connectivity index (χ0) is 29.5. The summed E-state index contributed by atoms with van der Waals surface area (Å²) < 4.78 is 6.30. The first-order valence-electron chi connectivity index (χ1n) is 15.0. The Morgan fingerprint density at radius 3 is 2.04 bits per heavy atom. The molecule has 3 nitrogen and oxygen atoms in total. The summed E-state index contributed by atoms with van der Waals surface area (Å²) in [7, 11) is 0. The Bertz CT molecular complexity index is 2770. The summed E-state index contributed by atoms with van der Waals surface area (Å²) in [6, 6.07) is 49.9. The maximum absolute atomic E-state index is 5.28. The van der Waals surface area contributed by atoms with Crippen LogP contribution in [0.15, 0.2) is 140 Å². The largest absolute Gasteiger partial charge is 0.308 e. The van der Waals surface area contributed by atoms with Crippen molar-refractivity contribution in [2.45, 2.75) is 0 Å². The SMILES string of the molecule is c1ccc(-c2nc(-c3cccc(-n4c5ccccc5c5ccc6c7ccccc7sc6c54)c3)c3c(n2)sc2ccccc23)cc1. The van der Waals surface area contributed by atoms with Crippen LogP contribution in [-0.2, 0) is 0 Å². The van der Waals surface area contributed by atoms with E-state index in [-0.39, 0.29) is 0 Å². The molecule has 210 valence electrons. The second-order valence-electron chi connectivity index (χ2n) is 11.4. The Balaban J connectivity index is 1.29. The van der Waals surface area contributed by atoms with E-state index in [9.17, 15) is 0 Å². The molecular formula is C40H23N3S2. The highest BCUT2D eigenvalue weighted by molar-refractivity contribution is 7.26. The van der Waals surface area contributed by atoms with Crippen molar-refractivity contribution in [1.29, 1.82) is 0 Å². The van der Waals surface area contributed by atoms with Gasteiger partial charge in [-0.2, -0.15) is 0 Å². The zero-order valence-electron chi connectivity index (χ0n) is 23.9. The molecule has 0 spiro atoms. The summed E-state index contributed by atoms with van der Waals surface area (Å²) in [6.07, 6.45) is 0. The standard InChI is InChI=1S/C40H23N3S2/c1-2-11-24(12-3-1)39-41-36(35-31-17-6-9-20-34(31)45-40(35)42-39)25-13-10-14-26(23-25)43-32-18-7-4-15-27(32)29-21-22-30-28-16-5-8-19-33(28)44-38(30)37(29)43/h1-23H. The quantitative estimate of drug-likeness (QED) is 0.199. The third-order valence-electron chi connectivity index (χ3n) is 8.83. The Morgan fingerprint density at radius 2 is 1.18 bits per heavy atom. The first-order chi connectivity index (χ1) is 22.3. The Kier molecular flexibility index (Phi) is 5.32. The molecule has 0 bridgehead atoms. The van der Waals surface area contributed by atoms with Crippen LogP contribution >= 0.6 is 22.7 Å². The number of benzene rings is 6. The van der Waals surface area contributed by atoms with E-state index in [2.05, 4.69) is 126 Å². The van der Waals surface area contributed by atoms with Crippen LogP contribution in [0.4, 0.5) is 0 Å². The molecule has 4 aromatic heterocycles. The van der Waals surface area contributed by atoms with Gasteiger partial charge in [0.1, 0.15) is 4.83 Å². The molecule has 0 aliphatic carbocycles. The third kappa shape index (κ3) is 3.69. The molecule has 0 N–H and O–H groups in total. The Labute approximate surface area is 266 Å². The van der Waals surface area contributed by atoms with Gasteiger partial charge >= 0.3 is 0 Å². The van der Waals surface area contributed by atoms with Crippen LogP contribution in [-0.4, -0.2) is 14.5 Å². The summed E-state index contributed by atoms with van der Waals surface area (Å²) in [5.41, 5.74) is 6.64. The fraction of sp³-hybridized carbons (Fsp3) is 0. The van der Waals surface area contributed by atoms with Crippen molar-refractivity contribution in [3.63, 3.8) is 0 Å². The Hall–Kier alpha value is -5.36. The summed E-state index contributed by atoms with van der Waals surface area (Å²) in [5, 5.41) is 7.46. The monoisotopic (exact) mass is 609 g/mol. The van der Waals surface area contributed by atoms with Crippen molar-refractivity contribution in [2.75, 3.05) is 0 Å². The van der Waals surface area contributed by atoms with E-state index in [4.69, 9.17) is 9.97 Å². The fourth-order valence-corrected chi connectivity index (χ4v) is 9.16. The van der Waals surface area contributed by atoms with Crippen LogP contribution in [0.2, 0.25) is 0 Å². The predicted molar refractivity (Wildman–Crippen MR) is 193 cm³/mol. The lowest BCUT2D eigenvalue weighted by atomic mass is 10.0. The van der Waals surface area contributed by atoms with E-state index in [0.717, 1.165) is 38.5 Å². The second-order valence-corrected chi connectivity index (χ2v) is 13.5. The molecule has 0 aliphatic rings. The number of nitrogens with zero attached hydrogens (tertiary/aromatic N) is 3. The molecule has 10 aromatic rings. The Morgan fingerprint density at radius 1 is 0.489 bits per heavy atom. The summed E-state index contributed by atoms with van der Waals surface area (Å²) in [5.74, 6) is 0.749. The molecule has 10 rings (SSSR count). The van der Waals surface area contributed by atoms with Crippen LogP contribution in [0.1, 0.15) is 0 Å². The number of hydrogen-bond donors (Lipinski definition) is 0. The van der Waals surface area contributed by atoms with Gasteiger partial charge in [-0.15, -0.1) is 22.7 Å². The molecule has 0 saturated heterocycles. The lowest BCUT2D eigenvalue weighted by Crippen LogP contribution is -1.97. The van der Waals surface area contributed by atoms with Crippen LogP contribution < -0.4 is 0 Å². The van der Waals surface area contributed by atoms with Crippen LogP contribution in [0.5, 0.6) is 0 Å². The van der Waals surface area contributed by atoms with Gasteiger partial charge in [0, 0.05) is 58.5 Å². The van der Waals surface area contributed by atoms with Crippen LogP contribution in [0, 0.1) is 0 Å². The minimum absolute atomic E-state index is 0.749. The van der Waals surface area contributed by atoms with Gasteiger partial charge in [-0.3, -0.25) is 0 Å². The number of thiophene rings is 2. The molecule has 0 atom stereocenters. The predicted octanol–water partition coefficient (Wildman–Crippen LogP) is 11.6. The minimum Gasteiger partial charge on any atom is -0.308 e. The van der Waals surface area contributed by atoms with Crippen molar-refractivity contribution < 1.29 is 0 Å². The molecule has 0 saturated carbocycles. The van der Waals surface area contributed by atoms with Gasteiger partial charge in [-0.1, -0.05) is 109 Å². The summed E-state index contributed by atoms with van der Waals surface area (Å²) >= 11 is 3.61. The van der Waals surface area contributed by atoms with E-state index in [1.54, 1.807) is 11.3 Å². The van der Waals surface area contributed by atoms with E-state index >= 15 is 0 Å². The van der Waals surface area contributed by atoms with Gasteiger partial charge in [0.25, 0.3) is 0 Å². The smallest absolute Gasteiger partial charge is 0.161 e. The molecule has 0 fully saturated rings. The van der Waals surface area contributed by atoms with Crippen molar-refractivity contribution in [2.24, 2.45) is 0 Å². The van der Waals surface area contributed by atoms with Crippen molar-refractivity contribution in [3.05, 3.63) is 140 Å². The average Bonchev–Trinajstić information content (AvgIpc) is 3.78. The van der Waals surface area contributed by atoms with E-state index in [1.807, 2.05) is 29.5 Å². The molecular weight excluding hydrogens is 587 g/mol. The molecule has 0 unspecified atom stereocenters. The maximum Gasteiger partial charge on any atom is 0.161 e. The van der Waals surface area contributed by atoms with Gasteiger partial charge in [0.2, 0.25) is 0 Å². The molecule has 45 heavy (non-hydrogen) atoms. The molecule has 5 heteroatoms. The third-order valence-corrected chi connectivity index (χ3v) is 11.1. The number of rotatable bonds is 3. The minimum atomic E-state index is 0.749. The normalized spacial score (nSPS) is 12.0. The van der Waals surface area contributed by atoms with Crippen molar-refractivity contribution in [3.8, 4) is 28.3 Å². The van der Waals surface area contributed by atoms with E-state index in [1.165, 1.54) is 52.1 Å². The van der Waals surface area contributed by atoms with Gasteiger partial charge in [0.05, 0.1) is 21.4 Å². The lowest BCUT2D eigenvalue weighted by molar-refractivity contribution is 1.18. The average molecular weight is 610 g/mol. The maximum atomic E-state index is 5.28. The highest BCUT2D eigenvalue weighted by Crippen LogP contribution is 2.44. The van der Waals surface area contributed by atoms with Crippen LogP contribution in [0.25, 0.3) is 90.6 Å². The van der Waals surface area contributed by atoms with E-state index < -0.39 is 0 Å². The lowest BCUT2D eigenvalue weighted by Gasteiger charge is -2.12. The fourth-order valence-electron chi connectivity index (χ4n) is 6.84. The van der Waals surface area contributed by atoms with Crippen molar-refractivity contribution >= 4 is 85.0 Å². The zero-order valence-corrected chi connectivity index (χ0v) is 25.6. The van der Waals surface area contributed by atoms with E-state index in [0.29, 0.717) is 0 Å². The summed E-state index contributed by atoms with van der Waals surface area (Å²) in [4.78, 5) is 11.4. The van der Waals surface area contributed by atoms with Gasteiger partial charge in [-0.25, -0.2) is 9.97 Å². The number of aromatic nitrogens is 3. The van der Waals surface area contributed by atoms with Gasteiger partial charge in [-0.05, 0) is 30.3 Å². The molecule has 0 aliphatic heterocycles. The highest BCUT2D eigenvalue weighted by atomic mass is 32.1. The number of para-hydroxylation sites is 1. The van der Waals surface area contributed by atoms with Crippen LogP contribution in [0.3, 0.4) is 0 Å². The van der Waals surface area contributed by atoms with Gasteiger partial charge in [0.15, 0.2) is 5.82 Å².